The number of hydrogen-bond acceptors (Lipinski definition) is 7. The summed E-state index contributed by atoms with van der Waals surface area (Å²) < 4.78 is 0. The van der Waals surface area contributed by atoms with Crippen molar-refractivity contribution in [1.82, 2.24) is 4.98 Å². The SMILES string of the molecule is Cc1nc(C)c(C(=O)C2=C(O)C(=O)N(c3ccc(Nc4ccccc4)cc3)C2c2ccc(O)cc2)s1. The quantitative estimate of drug-likeness (QED) is 0.283. The van der Waals surface area contributed by atoms with Gasteiger partial charge in [0.1, 0.15) is 5.75 Å². The van der Waals surface area contributed by atoms with E-state index in [9.17, 15) is 19.8 Å². The summed E-state index contributed by atoms with van der Waals surface area (Å²) in [6, 6.07) is 22.3. The van der Waals surface area contributed by atoms with Gasteiger partial charge >= 0.3 is 0 Å². The Hall–Kier alpha value is -4.43. The molecule has 1 aliphatic heterocycles. The second-order valence-corrected chi connectivity index (χ2v) is 9.65. The maximum absolute atomic E-state index is 13.6. The number of nitrogens with zero attached hydrogens (tertiary/aromatic N) is 2. The molecule has 0 aliphatic carbocycles. The Morgan fingerprint density at radius 1 is 0.917 bits per heavy atom. The summed E-state index contributed by atoms with van der Waals surface area (Å²) in [6.07, 6.45) is 0. The molecule has 180 valence electrons. The Bertz CT molecular complexity index is 1480. The number of aliphatic hydroxyl groups is 1. The maximum atomic E-state index is 13.6. The largest absolute Gasteiger partial charge is 0.508 e. The number of carbonyl (C=O) groups is 2. The van der Waals surface area contributed by atoms with Gasteiger partial charge in [-0.3, -0.25) is 14.5 Å². The molecule has 1 aromatic heterocycles. The number of aryl methyl sites for hydroxylation is 2. The van der Waals surface area contributed by atoms with Gasteiger partial charge in [0.2, 0.25) is 5.78 Å². The Morgan fingerprint density at radius 2 is 1.56 bits per heavy atom. The first-order valence-corrected chi connectivity index (χ1v) is 12.1. The number of Topliss-reactive ketones (excluding diaryl/α,β-unsaturated/α-hetero) is 1. The van der Waals surface area contributed by atoms with Crippen molar-refractivity contribution in [2.24, 2.45) is 0 Å². The molecule has 0 saturated carbocycles. The standard InChI is InChI=1S/C28H23N3O4S/c1-16-27(36-17(2)29-16)25(33)23-24(18-8-14-22(32)15-9-18)31(28(35)26(23)34)21-12-10-20(11-13-21)30-19-6-4-3-5-7-19/h3-15,24,30,32,34H,1-2H3. The van der Waals surface area contributed by atoms with Gasteiger partial charge < -0.3 is 15.5 Å². The fraction of sp³-hybridized carbons (Fsp3) is 0.107. The summed E-state index contributed by atoms with van der Waals surface area (Å²) >= 11 is 1.23. The monoisotopic (exact) mass is 497 g/mol. The van der Waals surface area contributed by atoms with Crippen LogP contribution in [0.5, 0.6) is 5.75 Å². The van der Waals surface area contributed by atoms with Gasteiger partial charge in [-0.2, -0.15) is 0 Å². The molecule has 8 heteroatoms. The number of benzene rings is 3. The molecule has 1 atom stereocenters. The van der Waals surface area contributed by atoms with Gasteiger partial charge in [-0.25, -0.2) is 4.98 Å². The zero-order valence-electron chi connectivity index (χ0n) is 19.6. The molecule has 0 spiro atoms. The molecule has 2 heterocycles. The summed E-state index contributed by atoms with van der Waals surface area (Å²) in [5.41, 5.74) is 3.38. The van der Waals surface area contributed by atoms with E-state index < -0.39 is 23.5 Å². The Labute approximate surface area is 212 Å². The summed E-state index contributed by atoms with van der Waals surface area (Å²) in [5.74, 6) is -1.64. The van der Waals surface area contributed by atoms with Crippen molar-refractivity contribution >= 4 is 40.1 Å². The number of ketones is 1. The number of hydrogen-bond donors (Lipinski definition) is 3. The number of rotatable bonds is 6. The molecular formula is C28H23N3O4S. The van der Waals surface area contributed by atoms with Gasteiger partial charge in [0.15, 0.2) is 5.76 Å². The van der Waals surface area contributed by atoms with Crippen molar-refractivity contribution in [3.8, 4) is 5.75 Å². The number of nitrogens with one attached hydrogen (secondary N) is 1. The number of phenolic OH excluding ortho intramolecular Hbond substituents is 1. The smallest absolute Gasteiger partial charge is 0.294 e. The van der Waals surface area contributed by atoms with E-state index in [0.29, 0.717) is 21.8 Å². The summed E-state index contributed by atoms with van der Waals surface area (Å²) in [5, 5.41) is 24.8. The molecule has 1 unspecified atom stereocenters. The molecule has 0 radical (unpaired) electrons. The number of thiazole rings is 1. The van der Waals surface area contributed by atoms with E-state index in [4.69, 9.17) is 0 Å². The van der Waals surface area contributed by atoms with Gasteiger partial charge in [0.25, 0.3) is 5.91 Å². The summed E-state index contributed by atoms with van der Waals surface area (Å²) in [7, 11) is 0. The molecule has 36 heavy (non-hydrogen) atoms. The number of para-hydroxylation sites is 1. The van der Waals surface area contributed by atoms with E-state index in [1.165, 1.54) is 28.4 Å². The molecule has 0 fully saturated rings. The minimum Gasteiger partial charge on any atom is -0.508 e. The van der Waals surface area contributed by atoms with Gasteiger partial charge in [-0.05, 0) is 67.9 Å². The van der Waals surface area contributed by atoms with Crippen LogP contribution >= 0.6 is 11.3 Å². The van der Waals surface area contributed by atoms with Crippen LogP contribution in [0.2, 0.25) is 0 Å². The topological polar surface area (TPSA) is 103 Å². The number of phenols is 1. The minimum atomic E-state index is -0.875. The molecule has 5 rings (SSSR count). The highest BCUT2D eigenvalue weighted by Crippen LogP contribution is 2.43. The summed E-state index contributed by atoms with van der Waals surface area (Å²) in [4.78, 5) is 33.1. The first-order valence-electron chi connectivity index (χ1n) is 11.3. The number of amides is 1. The van der Waals surface area contributed by atoms with Crippen LogP contribution in [0.3, 0.4) is 0 Å². The van der Waals surface area contributed by atoms with Crippen LogP contribution < -0.4 is 10.2 Å². The van der Waals surface area contributed by atoms with Crippen molar-refractivity contribution in [3.63, 3.8) is 0 Å². The van der Waals surface area contributed by atoms with E-state index in [1.807, 2.05) is 42.5 Å². The number of aliphatic hydroxyl groups excluding tert-OH is 1. The maximum Gasteiger partial charge on any atom is 0.294 e. The summed E-state index contributed by atoms with van der Waals surface area (Å²) in [6.45, 7) is 3.54. The highest BCUT2D eigenvalue weighted by atomic mass is 32.1. The van der Waals surface area contributed by atoms with E-state index in [0.717, 1.165) is 16.4 Å². The van der Waals surface area contributed by atoms with E-state index >= 15 is 0 Å². The molecule has 4 aromatic rings. The van der Waals surface area contributed by atoms with Crippen LogP contribution in [-0.4, -0.2) is 26.9 Å². The van der Waals surface area contributed by atoms with Gasteiger partial charge in [0.05, 0.1) is 27.2 Å². The highest BCUT2D eigenvalue weighted by Gasteiger charge is 2.45. The average Bonchev–Trinajstić information content (AvgIpc) is 3.35. The van der Waals surface area contributed by atoms with Crippen molar-refractivity contribution in [2.75, 3.05) is 10.2 Å². The Morgan fingerprint density at radius 3 is 2.17 bits per heavy atom. The fourth-order valence-corrected chi connectivity index (χ4v) is 5.21. The van der Waals surface area contributed by atoms with E-state index in [2.05, 4.69) is 10.3 Å². The normalized spacial score (nSPS) is 15.4. The first kappa shape index (κ1) is 23.3. The van der Waals surface area contributed by atoms with E-state index in [1.54, 1.807) is 38.1 Å². The third-order valence-electron chi connectivity index (χ3n) is 5.98. The third kappa shape index (κ3) is 4.23. The lowest BCUT2D eigenvalue weighted by atomic mass is 9.94. The molecule has 1 aliphatic rings. The fourth-order valence-electron chi connectivity index (χ4n) is 4.33. The van der Waals surface area contributed by atoms with Crippen LogP contribution in [-0.2, 0) is 4.79 Å². The predicted octanol–water partition coefficient (Wildman–Crippen LogP) is 5.99. The lowest BCUT2D eigenvalue weighted by Crippen LogP contribution is -2.31. The molecule has 0 bridgehead atoms. The molecule has 7 nitrogen and oxygen atoms in total. The Balaban J connectivity index is 1.55. The molecule has 3 N–H and O–H groups in total. The van der Waals surface area contributed by atoms with Crippen LogP contribution in [0.4, 0.5) is 17.1 Å². The average molecular weight is 498 g/mol. The van der Waals surface area contributed by atoms with Crippen molar-refractivity contribution < 1.29 is 19.8 Å². The number of anilines is 3. The minimum absolute atomic E-state index is 0.0103. The van der Waals surface area contributed by atoms with Crippen molar-refractivity contribution in [1.29, 1.82) is 0 Å². The van der Waals surface area contributed by atoms with Crippen LogP contribution in [0.1, 0.15) is 32.0 Å². The van der Waals surface area contributed by atoms with Gasteiger partial charge in [-0.1, -0.05) is 30.3 Å². The van der Waals surface area contributed by atoms with Crippen LogP contribution in [0, 0.1) is 13.8 Å². The molecule has 0 saturated heterocycles. The molecule has 1 amide bonds. The predicted molar refractivity (Wildman–Crippen MR) is 140 cm³/mol. The highest BCUT2D eigenvalue weighted by molar-refractivity contribution is 7.14. The van der Waals surface area contributed by atoms with Crippen LogP contribution in [0.25, 0.3) is 0 Å². The van der Waals surface area contributed by atoms with Crippen molar-refractivity contribution in [2.45, 2.75) is 19.9 Å². The lowest BCUT2D eigenvalue weighted by molar-refractivity contribution is -0.117. The molecular weight excluding hydrogens is 474 g/mol. The zero-order chi connectivity index (χ0) is 25.4. The lowest BCUT2D eigenvalue weighted by Gasteiger charge is -2.27. The molecule has 3 aromatic carbocycles. The number of aromatic nitrogens is 1. The van der Waals surface area contributed by atoms with Crippen LogP contribution in [0.15, 0.2) is 90.2 Å². The second kappa shape index (κ2) is 9.31. The van der Waals surface area contributed by atoms with Crippen molar-refractivity contribution in [3.05, 3.63) is 111 Å². The Kier molecular flexibility index (Phi) is 6.03. The third-order valence-corrected chi connectivity index (χ3v) is 7.05. The first-order chi connectivity index (χ1) is 17.3. The van der Waals surface area contributed by atoms with E-state index in [-0.39, 0.29) is 11.3 Å². The second-order valence-electron chi connectivity index (χ2n) is 8.45. The zero-order valence-corrected chi connectivity index (χ0v) is 20.4. The number of carbonyl (C=O) groups excluding carboxylic acids is 2. The van der Waals surface area contributed by atoms with Gasteiger partial charge in [0, 0.05) is 17.1 Å². The van der Waals surface area contributed by atoms with Gasteiger partial charge in [-0.15, -0.1) is 11.3 Å². The number of aromatic hydroxyl groups is 1.